The summed E-state index contributed by atoms with van der Waals surface area (Å²) in [4.78, 5) is 36.2. The molecule has 55 heavy (non-hydrogen) atoms. The monoisotopic (exact) mass is 761 g/mol. The van der Waals surface area contributed by atoms with E-state index in [4.69, 9.17) is 14.5 Å². The third-order valence-corrected chi connectivity index (χ3v) is 9.90. The number of aryl methyl sites for hydroxylation is 2. The van der Waals surface area contributed by atoms with Crippen molar-refractivity contribution in [3.05, 3.63) is 118 Å². The number of hydrogen-bond donors (Lipinski definition) is 0. The quantitative estimate of drug-likeness (QED) is 0.112. The second-order valence-electron chi connectivity index (χ2n) is 16.0. The summed E-state index contributed by atoms with van der Waals surface area (Å²) < 4.78 is 67.9. The zero-order valence-corrected chi connectivity index (χ0v) is 32.9. The zero-order chi connectivity index (χ0) is 40.3. The second kappa shape index (κ2) is 16.5. The lowest BCUT2D eigenvalue weighted by molar-refractivity contribution is -0.166. The Morgan fingerprint density at radius 2 is 1.44 bits per heavy atom. The summed E-state index contributed by atoms with van der Waals surface area (Å²) in [6, 6.07) is 17.7. The molecule has 11 heteroatoms. The number of amides is 1. The van der Waals surface area contributed by atoms with Crippen LogP contribution in [0, 0.1) is 25.1 Å². The number of rotatable bonds is 11. The second-order valence-corrected chi connectivity index (χ2v) is 16.0. The highest BCUT2D eigenvalue weighted by atomic mass is 19.4. The van der Waals surface area contributed by atoms with Crippen molar-refractivity contribution in [1.29, 1.82) is 0 Å². The SMILES string of the molecule is CCOC(=O)[C@@H](OC(C)(C)C)c1c(C)nc(C)c(-c2ccc(CN(Cc3ccc(F)cc3)C(=O)c3ccccc3C(F)(F)F)cc2)c1N1CCC(C)(C)CC1. The summed E-state index contributed by atoms with van der Waals surface area (Å²) in [5.41, 5.74) is 3.77. The minimum absolute atomic E-state index is 0.0164. The maximum absolute atomic E-state index is 14.0. The van der Waals surface area contributed by atoms with Gasteiger partial charge in [0.1, 0.15) is 5.82 Å². The molecule has 1 amide bonds. The number of halogens is 4. The smallest absolute Gasteiger partial charge is 0.417 e. The number of carbonyl (C=O) groups excluding carboxylic acids is 2. The lowest BCUT2D eigenvalue weighted by atomic mass is 9.81. The Morgan fingerprint density at radius 3 is 1.98 bits per heavy atom. The molecule has 0 bridgehead atoms. The Labute approximate surface area is 321 Å². The van der Waals surface area contributed by atoms with E-state index in [1.807, 2.05) is 58.9 Å². The summed E-state index contributed by atoms with van der Waals surface area (Å²) in [6.07, 6.45) is -3.91. The normalized spacial score (nSPS) is 15.1. The average molecular weight is 762 g/mol. The van der Waals surface area contributed by atoms with Crippen LogP contribution in [0.5, 0.6) is 0 Å². The first-order valence-electron chi connectivity index (χ1n) is 18.7. The van der Waals surface area contributed by atoms with Crippen LogP contribution in [0.25, 0.3) is 11.1 Å². The van der Waals surface area contributed by atoms with E-state index in [0.29, 0.717) is 22.4 Å². The van der Waals surface area contributed by atoms with E-state index >= 15 is 0 Å². The Morgan fingerprint density at radius 1 is 0.873 bits per heavy atom. The molecule has 2 heterocycles. The highest BCUT2D eigenvalue weighted by Gasteiger charge is 2.38. The summed E-state index contributed by atoms with van der Waals surface area (Å²) >= 11 is 0. The molecule has 0 aliphatic carbocycles. The third kappa shape index (κ3) is 10.1. The number of hydrogen-bond acceptors (Lipinski definition) is 6. The van der Waals surface area contributed by atoms with E-state index in [0.717, 1.165) is 54.5 Å². The molecule has 7 nitrogen and oxygen atoms in total. The van der Waals surface area contributed by atoms with Crippen LogP contribution < -0.4 is 4.90 Å². The van der Waals surface area contributed by atoms with Crippen LogP contribution in [0.2, 0.25) is 0 Å². The van der Waals surface area contributed by atoms with Crippen molar-refractivity contribution < 1.29 is 36.6 Å². The van der Waals surface area contributed by atoms with E-state index in [9.17, 15) is 27.2 Å². The number of benzene rings is 3. The van der Waals surface area contributed by atoms with Crippen LogP contribution in [-0.4, -0.2) is 47.1 Å². The van der Waals surface area contributed by atoms with Gasteiger partial charge >= 0.3 is 12.1 Å². The topological polar surface area (TPSA) is 72.0 Å². The van der Waals surface area contributed by atoms with Gasteiger partial charge in [0.2, 0.25) is 0 Å². The number of piperidine rings is 1. The molecule has 1 fully saturated rings. The molecule has 0 saturated carbocycles. The molecule has 1 atom stereocenters. The van der Waals surface area contributed by atoms with Crippen LogP contribution in [0.15, 0.2) is 72.8 Å². The van der Waals surface area contributed by atoms with Crippen LogP contribution in [0.4, 0.5) is 23.2 Å². The van der Waals surface area contributed by atoms with Gasteiger partial charge in [0, 0.05) is 48.7 Å². The molecule has 0 radical (unpaired) electrons. The number of pyridine rings is 1. The van der Waals surface area contributed by atoms with Crippen molar-refractivity contribution in [1.82, 2.24) is 9.88 Å². The number of aromatic nitrogens is 1. The van der Waals surface area contributed by atoms with Gasteiger partial charge < -0.3 is 19.3 Å². The Balaban J connectivity index is 1.60. The minimum atomic E-state index is -4.74. The van der Waals surface area contributed by atoms with Crippen LogP contribution >= 0.6 is 0 Å². The molecule has 3 aromatic carbocycles. The summed E-state index contributed by atoms with van der Waals surface area (Å²) in [6.45, 7) is 17.4. The third-order valence-electron chi connectivity index (χ3n) is 9.90. The number of anilines is 1. The first-order valence-corrected chi connectivity index (χ1v) is 18.7. The average Bonchev–Trinajstić information content (AvgIpc) is 3.11. The maximum Gasteiger partial charge on any atom is 0.417 e. The van der Waals surface area contributed by atoms with Gasteiger partial charge in [-0.3, -0.25) is 9.78 Å². The number of ether oxygens (including phenoxy) is 2. The van der Waals surface area contributed by atoms with E-state index in [1.165, 1.54) is 47.4 Å². The van der Waals surface area contributed by atoms with Crippen molar-refractivity contribution in [3.8, 4) is 11.1 Å². The largest absolute Gasteiger partial charge is 0.464 e. The number of carbonyl (C=O) groups is 2. The summed E-state index contributed by atoms with van der Waals surface area (Å²) in [7, 11) is 0. The van der Waals surface area contributed by atoms with Crippen molar-refractivity contribution in [2.24, 2.45) is 5.41 Å². The predicted octanol–water partition coefficient (Wildman–Crippen LogP) is 10.4. The molecule has 294 valence electrons. The van der Waals surface area contributed by atoms with E-state index in [-0.39, 0.29) is 25.1 Å². The first kappa shape index (κ1) is 41.4. The van der Waals surface area contributed by atoms with Crippen molar-refractivity contribution in [2.75, 3.05) is 24.6 Å². The molecule has 1 saturated heterocycles. The molecule has 4 aromatic rings. The maximum atomic E-state index is 14.0. The molecule has 0 unspecified atom stereocenters. The Hall–Kier alpha value is -4.77. The van der Waals surface area contributed by atoms with Crippen molar-refractivity contribution in [2.45, 2.75) is 99.2 Å². The molecule has 0 N–H and O–H groups in total. The van der Waals surface area contributed by atoms with E-state index < -0.39 is 46.7 Å². The number of alkyl halides is 3. The van der Waals surface area contributed by atoms with Gasteiger partial charge in [0.15, 0.2) is 6.10 Å². The zero-order valence-electron chi connectivity index (χ0n) is 32.9. The fourth-order valence-corrected chi connectivity index (χ4v) is 7.06. The lowest BCUT2D eigenvalue weighted by Gasteiger charge is -2.41. The molecular formula is C44H51F4N3O4. The van der Waals surface area contributed by atoms with Gasteiger partial charge in [-0.25, -0.2) is 9.18 Å². The number of nitrogens with zero attached hydrogens (tertiary/aromatic N) is 3. The standard InChI is InChI=1S/C44H51F4N3O4/c1-9-54-41(53)39(55-42(4,5)6)37-29(3)49-28(2)36(38(37)50-24-22-43(7,8)23-25-50)32-18-14-30(15-19-32)26-51(27-31-16-20-33(45)21-17-31)40(52)34-12-10-11-13-35(34)44(46,47)48/h10-21,39H,9,22-27H2,1-8H3/t39-/m0/s1. The first-order chi connectivity index (χ1) is 25.8. The van der Waals surface area contributed by atoms with Crippen molar-refractivity contribution in [3.63, 3.8) is 0 Å². The van der Waals surface area contributed by atoms with Crippen molar-refractivity contribution >= 4 is 17.6 Å². The van der Waals surface area contributed by atoms with E-state index in [2.05, 4.69) is 18.7 Å². The minimum Gasteiger partial charge on any atom is -0.464 e. The fraction of sp³-hybridized carbons (Fsp3) is 0.432. The van der Waals surface area contributed by atoms with Gasteiger partial charge in [-0.1, -0.05) is 62.4 Å². The molecule has 1 aliphatic heterocycles. The lowest BCUT2D eigenvalue weighted by Crippen LogP contribution is -2.39. The van der Waals surface area contributed by atoms with Crippen LogP contribution in [0.1, 0.15) is 104 Å². The predicted molar refractivity (Wildman–Crippen MR) is 206 cm³/mol. The van der Waals surface area contributed by atoms with Gasteiger partial charge in [-0.15, -0.1) is 0 Å². The summed E-state index contributed by atoms with van der Waals surface area (Å²) in [5, 5.41) is 0. The fourth-order valence-electron chi connectivity index (χ4n) is 7.06. The molecule has 1 aromatic heterocycles. The van der Waals surface area contributed by atoms with Crippen LogP contribution in [-0.2, 0) is 33.5 Å². The molecule has 1 aliphatic rings. The highest BCUT2D eigenvalue weighted by molar-refractivity contribution is 5.96. The van der Waals surface area contributed by atoms with Crippen LogP contribution in [0.3, 0.4) is 0 Å². The molecule has 0 spiro atoms. The Kier molecular flexibility index (Phi) is 12.4. The van der Waals surface area contributed by atoms with E-state index in [1.54, 1.807) is 6.92 Å². The summed E-state index contributed by atoms with van der Waals surface area (Å²) in [5.74, 6) is -1.76. The Bertz CT molecular complexity index is 1980. The van der Waals surface area contributed by atoms with Gasteiger partial charge in [0.05, 0.1) is 29.0 Å². The van der Waals surface area contributed by atoms with Gasteiger partial charge in [0.25, 0.3) is 5.91 Å². The number of esters is 1. The molecular weight excluding hydrogens is 710 g/mol. The highest BCUT2D eigenvalue weighted by Crippen LogP contribution is 2.45. The van der Waals surface area contributed by atoms with Gasteiger partial charge in [-0.05, 0) is 101 Å². The molecule has 5 rings (SSSR count). The van der Waals surface area contributed by atoms with Gasteiger partial charge in [-0.2, -0.15) is 13.2 Å².